The average molecular weight is 321 g/mol. The third kappa shape index (κ3) is 5.99. The Morgan fingerprint density at radius 2 is 2.09 bits per heavy atom. The Morgan fingerprint density at radius 3 is 2.86 bits per heavy atom. The number of piperazine rings is 1. The lowest BCUT2D eigenvalue weighted by atomic mass is 10.2. The molecule has 0 unspecified atom stereocenters. The van der Waals surface area contributed by atoms with E-state index in [-0.39, 0.29) is 5.91 Å². The molecular weight excluding hydrogens is 294 g/mol. The van der Waals surface area contributed by atoms with Crippen molar-refractivity contribution in [3.05, 3.63) is 29.3 Å². The van der Waals surface area contributed by atoms with Gasteiger partial charge in [-0.3, -0.25) is 4.79 Å². The van der Waals surface area contributed by atoms with Crippen molar-refractivity contribution < 1.29 is 4.79 Å². The Bertz CT molecular complexity index is 487. The fourth-order valence-corrected chi connectivity index (χ4v) is 3.48. The largest absolute Gasteiger partial charge is 0.355 e. The van der Waals surface area contributed by atoms with Crippen LogP contribution in [0.3, 0.4) is 0 Å². The first-order valence-electron chi connectivity index (χ1n) is 8.05. The van der Waals surface area contributed by atoms with E-state index in [2.05, 4.69) is 47.6 Å². The van der Waals surface area contributed by atoms with Gasteiger partial charge in [0.25, 0.3) is 0 Å². The standard InChI is InChI=1S/C17H27N3OS/c1-14-4-5-15(2)16(12-14)22-13-17(21)19-6-3-9-20-10-7-18-8-11-20/h4-5,12,18H,3,6-11,13H2,1-2H3,(H,19,21). The van der Waals surface area contributed by atoms with E-state index in [0.29, 0.717) is 5.75 Å². The van der Waals surface area contributed by atoms with Crippen molar-refractivity contribution >= 4 is 17.7 Å². The van der Waals surface area contributed by atoms with Gasteiger partial charge in [-0.2, -0.15) is 0 Å². The van der Waals surface area contributed by atoms with Crippen molar-refractivity contribution in [1.82, 2.24) is 15.5 Å². The van der Waals surface area contributed by atoms with Crippen LogP contribution in [0.25, 0.3) is 0 Å². The van der Waals surface area contributed by atoms with E-state index >= 15 is 0 Å². The lowest BCUT2D eigenvalue weighted by Gasteiger charge is -2.27. The molecule has 2 rings (SSSR count). The second-order valence-electron chi connectivity index (χ2n) is 5.85. The van der Waals surface area contributed by atoms with Gasteiger partial charge in [0, 0.05) is 37.6 Å². The molecule has 1 saturated heterocycles. The predicted octanol–water partition coefficient (Wildman–Crippen LogP) is 1.81. The second kappa shape index (κ2) is 9.18. The molecule has 0 bridgehead atoms. The van der Waals surface area contributed by atoms with Crippen molar-refractivity contribution in [2.45, 2.75) is 25.2 Å². The summed E-state index contributed by atoms with van der Waals surface area (Å²) in [6.45, 7) is 10.4. The summed E-state index contributed by atoms with van der Waals surface area (Å²) in [5.41, 5.74) is 2.48. The summed E-state index contributed by atoms with van der Waals surface area (Å²) in [6.07, 6.45) is 1.03. The monoisotopic (exact) mass is 321 g/mol. The zero-order valence-corrected chi connectivity index (χ0v) is 14.5. The minimum Gasteiger partial charge on any atom is -0.355 e. The summed E-state index contributed by atoms with van der Waals surface area (Å²) in [5.74, 6) is 0.629. The quantitative estimate of drug-likeness (QED) is 0.594. The number of amides is 1. The molecule has 0 atom stereocenters. The fraction of sp³-hybridized carbons (Fsp3) is 0.588. The Labute approximate surface area is 138 Å². The molecule has 22 heavy (non-hydrogen) atoms. The highest BCUT2D eigenvalue weighted by molar-refractivity contribution is 8.00. The van der Waals surface area contributed by atoms with E-state index in [9.17, 15) is 4.79 Å². The van der Waals surface area contributed by atoms with Gasteiger partial charge in [-0.25, -0.2) is 0 Å². The van der Waals surface area contributed by atoms with Gasteiger partial charge in [0.15, 0.2) is 0 Å². The molecule has 0 aromatic heterocycles. The van der Waals surface area contributed by atoms with Crippen molar-refractivity contribution in [2.75, 3.05) is 45.0 Å². The van der Waals surface area contributed by atoms with Gasteiger partial charge in [-0.1, -0.05) is 17.7 Å². The van der Waals surface area contributed by atoms with Crippen LogP contribution in [0.1, 0.15) is 17.5 Å². The van der Waals surface area contributed by atoms with Crippen LogP contribution >= 0.6 is 11.8 Å². The van der Waals surface area contributed by atoms with Crippen LogP contribution in [0.5, 0.6) is 0 Å². The third-order valence-corrected chi connectivity index (χ3v) is 5.04. The van der Waals surface area contributed by atoms with Crippen molar-refractivity contribution in [1.29, 1.82) is 0 Å². The van der Waals surface area contributed by atoms with Gasteiger partial charge < -0.3 is 15.5 Å². The maximum Gasteiger partial charge on any atom is 0.230 e. The summed E-state index contributed by atoms with van der Waals surface area (Å²) in [4.78, 5) is 15.6. The maximum absolute atomic E-state index is 11.9. The molecule has 1 aromatic rings. The van der Waals surface area contributed by atoms with Gasteiger partial charge >= 0.3 is 0 Å². The number of hydrogen-bond acceptors (Lipinski definition) is 4. The lowest BCUT2D eigenvalue weighted by molar-refractivity contribution is -0.118. The molecule has 0 spiro atoms. The Kier molecular flexibility index (Phi) is 7.22. The summed E-state index contributed by atoms with van der Waals surface area (Å²) in [7, 11) is 0. The van der Waals surface area contributed by atoms with Crippen molar-refractivity contribution in [2.24, 2.45) is 0 Å². The van der Waals surface area contributed by atoms with Crippen LogP contribution in [0.2, 0.25) is 0 Å². The second-order valence-corrected chi connectivity index (χ2v) is 6.87. The number of aryl methyl sites for hydroxylation is 2. The number of hydrogen-bond donors (Lipinski definition) is 2. The van der Waals surface area contributed by atoms with E-state index in [1.54, 1.807) is 11.8 Å². The predicted molar refractivity (Wildman–Crippen MR) is 93.6 cm³/mol. The molecule has 5 heteroatoms. The first-order chi connectivity index (χ1) is 10.6. The van der Waals surface area contributed by atoms with E-state index in [1.165, 1.54) is 16.0 Å². The lowest BCUT2D eigenvalue weighted by Crippen LogP contribution is -2.44. The summed E-state index contributed by atoms with van der Waals surface area (Å²) in [6, 6.07) is 6.37. The first kappa shape index (κ1) is 17.3. The highest BCUT2D eigenvalue weighted by atomic mass is 32.2. The first-order valence-corrected chi connectivity index (χ1v) is 9.03. The van der Waals surface area contributed by atoms with Gasteiger partial charge in [0.1, 0.15) is 0 Å². The van der Waals surface area contributed by atoms with Crippen LogP contribution in [0, 0.1) is 13.8 Å². The van der Waals surface area contributed by atoms with Gasteiger partial charge in [-0.05, 0) is 38.4 Å². The third-order valence-electron chi connectivity index (χ3n) is 3.89. The maximum atomic E-state index is 11.9. The Hall–Kier alpha value is -1.04. The summed E-state index contributed by atoms with van der Waals surface area (Å²) in [5, 5.41) is 6.37. The van der Waals surface area contributed by atoms with Gasteiger partial charge in [-0.15, -0.1) is 11.8 Å². The van der Waals surface area contributed by atoms with Crippen LogP contribution in [-0.2, 0) is 4.79 Å². The molecule has 1 heterocycles. The van der Waals surface area contributed by atoms with Crippen LogP contribution < -0.4 is 10.6 Å². The molecule has 1 amide bonds. The van der Waals surface area contributed by atoms with E-state index in [0.717, 1.165) is 45.7 Å². The van der Waals surface area contributed by atoms with Gasteiger partial charge in [0.2, 0.25) is 5.91 Å². The van der Waals surface area contributed by atoms with E-state index in [4.69, 9.17) is 0 Å². The van der Waals surface area contributed by atoms with Crippen molar-refractivity contribution in [3.8, 4) is 0 Å². The van der Waals surface area contributed by atoms with Crippen LogP contribution in [-0.4, -0.2) is 55.8 Å². The molecule has 0 radical (unpaired) electrons. The number of benzene rings is 1. The van der Waals surface area contributed by atoms with Gasteiger partial charge in [0.05, 0.1) is 5.75 Å². The van der Waals surface area contributed by atoms with E-state index < -0.39 is 0 Å². The fourth-order valence-electron chi connectivity index (χ4n) is 2.52. The zero-order valence-electron chi connectivity index (χ0n) is 13.7. The normalized spacial score (nSPS) is 15.7. The highest BCUT2D eigenvalue weighted by Crippen LogP contribution is 2.23. The highest BCUT2D eigenvalue weighted by Gasteiger charge is 2.09. The molecule has 4 nitrogen and oxygen atoms in total. The zero-order chi connectivity index (χ0) is 15.8. The Morgan fingerprint density at radius 1 is 1.32 bits per heavy atom. The molecule has 1 fully saturated rings. The minimum atomic E-state index is 0.131. The molecule has 2 N–H and O–H groups in total. The number of carbonyl (C=O) groups is 1. The van der Waals surface area contributed by atoms with Crippen LogP contribution in [0.4, 0.5) is 0 Å². The molecule has 1 aliphatic heterocycles. The molecular formula is C17H27N3OS. The minimum absolute atomic E-state index is 0.131. The number of carbonyl (C=O) groups excluding carboxylic acids is 1. The summed E-state index contributed by atoms with van der Waals surface area (Å²) < 4.78 is 0. The summed E-state index contributed by atoms with van der Waals surface area (Å²) >= 11 is 1.62. The van der Waals surface area contributed by atoms with Crippen LogP contribution in [0.15, 0.2) is 23.1 Å². The SMILES string of the molecule is Cc1ccc(C)c(SCC(=O)NCCCN2CCNCC2)c1. The molecule has 122 valence electrons. The molecule has 0 aliphatic carbocycles. The number of nitrogens with one attached hydrogen (secondary N) is 2. The molecule has 1 aliphatic rings. The number of rotatable bonds is 7. The molecule has 1 aromatic carbocycles. The average Bonchev–Trinajstić information content (AvgIpc) is 2.53. The van der Waals surface area contributed by atoms with Crippen molar-refractivity contribution in [3.63, 3.8) is 0 Å². The number of thioether (sulfide) groups is 1. The Balaban J connectivity index is 1.60. The smallest absolute Gasteiger partial charge is 0.230 e. The number of nitrogens with zero attached hydrogens (tertiary/aromatic N) is 1. The molecule has 0 saturated carbocycles. The van der Waals surface area contributed by atoms with E-state index in [1.807, 2.05) is 0 Å². The topological polar surface area (TPSA) is 44.4 Å².